The molecular weight excluding hydrogens is 630 g/mol. The molecule has 0 atom stereocenters. The van der Waals surface area contributed by atoms with E-state index in [1.807, 2.05) is 4.72 Å². The van der Waals surface area contributed by atoms with Crippen LogP contribution in [0.4, 0.5) is 37.7 Å². The molecule has 0 unspecified atom stereocenters. The highest BCUT2D eigenvalue weighted by molar-refractivity contribution is 7.92. The van der Waals surface area contributed by atoms with E-state index in [-0.39, 0.29) is 17.2 Å². The van der Waals surface area contributed by atoms with Crippen molar-refractivity contribution < 1.29 is 54.6 Å². The molecule has 0 aliphatic heterocycles. The van der Waals surface area contributed by atoms with E-state index >= 15 is 0 Å². The molecule has 0 bridgehead atoms. The van der Waals surface area contributed by atoms with Crippen molar-refractivity contribution in [2.75, 3.05) is 10.0 Å². The van der Waals surface area contributed by atoms with Gasteiger partial charge in [-0.2, -0.15) is 26.3 Å². The van der Waals surface area contributed by atoms with Crippen molar-refractivity contribution in [2.45, 2.75) is 29.6 Å². The van der Waals surface area contributed by atoms with Gasteiger partial charge in [0.2, 0.25) is 5.41 Å². The first-order valence-corrected chi connectivity index (χ1v) is 14.2. The number of halogens is 6. The number of amides is 1. The van der Waals surface area contributed by atoms with Gasteiger partial charge in [0.05, 0.1) is 16.3 Å². The van der Waals surface area contributed by atoms with Crippen LogP contribution in [0.2, 0.25) is 0 Å². The molecule has 8 nitrogen and oxygen atoms in total. The Morgan fingerprint density at radius 1 is 0.733 bits per heavy atom. The Bertz CT molecular complexity index is 1890. The van der Waals surface area contributed by atoms with Crippen LogP contribution in [0.1, 0.15) is 38.8 Å². The Morgan fingerprint density at radius 2 is 1.29 bits per heavy atom. The summed E-state index contributed by atoms with van der Waals surface area (Å²) in [5, 5.41) is 16.7. The van der Waals surface area contributed by atoms with Gasteiger partial charge in [0.1, 0.15) is 11.5 Å². The monoisotopic (exact) mass is 653 g/mol. The molecule has 4 aromatic rings. The van der Waals surface area contributed by atoms with Crippen LogP contribution in [0.25, 0.3) is 0 Å². The number of nitrogens with one attached hydrogen (secondary N) is 2. The summed E-state index contributed by atoms with van der Waals surface area (Å²) in [4.78, 5) is 24.3. The highest BCUT2D eigenvalue weighted by Crippen LogP contribution is 2.57. The lowest BCUT2D eigenvalue weighted by Gasteiger charge is -2.38. The zero-order valence-electron chi connectivity index (χ0n) is 23.8. The Hall–Kier alpha value is -5.05. The maximum atomic E-state index is 14.9. The zero-order valence-corrected chi connectivity index (χ0v) is 23.6. The van der Waals surface area contributed by atoms with Gasteiger partial charge in [-0.15, -0.1) is 0 Å². The summed E-state index contributed by atoms with van der Waals surface area (Å²) >= 11 is 0. The van der Waals surface area contributed by atoms with Crippen molar-refractivity contribution in [1.82, 2.24) is 0 Å². The van der Waals surface area contributed by atoms with Crippen molar-refractivity contribution in [2.24, 2.45) is 0 Å². The van der Waals surface area contributed by atoms with Crippen molar-refractivity contribution in [1.29, 1.82) is 1.43 Å². The van der Waals surface area contributed by atoms with Crippen molar-refractivity contribution >= 4 is 33.1 Å². The number of benzene rings is 4. The predicted molar refractivity (Wildman–Crippen MR) is 151 cm³/mol. The minimum atomic E-state index is -6.15. The first kappa shape index (κ1) is 31.4. The number of anilines is 2. The third-order valence-corrected chi connectivity index (χ3v) is 8.15. The lowest BCUT2D eigenvalue weighted by Crippen LogP contribution is -2.54. The van der Waals surface area contributed by atoms with E-state index in [9.17, 15) is 49.5 Å². The number of phenols is 2. The molecule has 4 aromatic carbocycles. The van der Waals surface area contributed by atoms with E-state index in [4.69, 9.17) is 1.43 Å². The van der Waals surface area contributed by atoms with Crippen LogP contribution >= 0.6 is 0 Å². The number of carbonyl (C=O) groups excluding carboxylic acids is 2. The van der Waals surface area contributed by atoms with Gasteiger partial charge in [-0.1, -0.05) is 42.5 Å². The molecule has 0 heterocycles. The normalized spacial score (nSPS) is 12.6. The molecule has 0 aliphatic rings. The number of aromatic hydroxyl groups is 2. The molecule has 0 saturated heterocycles. The lowest BCUT2D eigenvalue weighted by molar-refractivity contribution is -0.288. The van der Waals surface area contributed by atoms with Crippen LogP contribution in [0.5, 0.6) is 11.5 Å². The number of hydrogen-bond donors (Lipinski definition) is 4. The molecule has 15 heteroatoms. The van der Waals surface area contributed by atoms with E-state index < -0.39 is 78.4 Å². The maximum absolute atomic E-state index is 14.9. The molecule has 0 fully saturated rings. The quantitative estimate of drug-likeness (QED) is 0.0896. The summed E-state index contributed by atoms with van der Waals surface area (Å²) in [7, 11) is -4.58. The molecule has 0 radical (unpaired) electrons. The van der Waals surface area contributed by atoms with Crippen LogP contribution in [0.15, 0.2) is 95.9 Å². The van der Waals surface area contributed by atoms with Crippen molar-refractivity contribution in [3.05, 3.63) is 113 Å². The summed E-state index contributed by atoms with van der Waals surface area (Å²) < 4.78 is 124. The second kappa shape index (κ2) is 11.8. The van der Waals surface area contributed by atoms with Crippen molar-refractivity contribution in [3.8, 4) is 11.5 Å². The smallest absolute Gasteiger partial charge is 0.411 e. The second-order valence-corrected chi connectivity index (χ2v) is 11.4. The van der Waals surface area contributed by atoms with E-state index in [2.05, 4.69) is 10.4 Å². The summed E-state index contributed by atoms with van der Waals surface area (Å²) in [6.07, 6.45) is -12.3. The third kappa shape index (κ3) is 6.29. The fourth-order valence-corrected chi connectivity index (χ4v) is 5.66. The Morgan fingerprint density at radius 3 is 1.84 bits per heavy atom. The van der Waals surface area contributed by atoms with Crippen LogP contribution in [0.3, 0.4) is 0 Å². The average Bonchev–Trinajstić information content (AvgIpc) is 2.98. The first-order chi connectivity index (χ1) is 21.4. The number of phenolic OH excluding ortho intramolecular Hbond substituents is 2. The SMILES string of the molecule is [2H]Oc1ccc(C(c2ccc(O)c(NS(=O)(=O)c3ccccc3)c2)(C(F)(F)F)C(F)(F)F)cc1NC(=O)c1cccc(C(C)=O)c1. The van der Waals surface area contributed by atoms with E-state index in [0.29, 0.717) is 30.3 Å². The van der Waals surface area contributed by atoms with E-state index in [1.165, 1.54) is 43.3 Å². The second-order valence-electron chi connectivity index (χ2n) is 9.70. The number of hydrogen-bond acceptors (Lipinski definition) is 6. The van der Waals surface area contributed by atoms with Gasteiger partial charge in [-0.3, -0.25) is 14.3 Å². The molecule has 0 aromatic heterocycles. The van der Waals surface area contributed by atoms with Crippen LogP contribution < -0.4 is 10.0 Å². The third-order valence-electron chi connectivity index (χ3n) is 6.77. The highest BCUT2D eigenvalue weighted by Gasteiger charge is 2.72. The fraction of sp³-hybridized carbons (Fsp3) is 0.133. The van der Waals surface area contributed by atoms with Gasteiger partial charge in [0, 0.05) is 11.1 Å². The molecular formula is C30H22F6N2O6S. The number of alkyl halides is 6. The van der Waals surface area contributed by atoms with Gasteiger partial charge in [0.15, 0.2) is 5.78 Å². The Balaban J connectivity index is 1.90. The Kier molecular flexibility index (Phi) is 8.23. The predicted octanol–water partition coefficient (Wildman–Crippen LogP) is 6.76. The number of sulfonamides is 1. The van der Waals surface area contributed by atoms with E-state index in [1.54, 1.807) is 0 Å². The standard InChI is InChI=1S/C30H22F6N2O6S/c1-17(39)18-6-5-7-19(14-18)27(42)37-23-15-20(10-12-25(23)40)28(29(31,32)33,30(34,35)36)21-11-13-26(41)24(16-21)38-45(43,44)22-8-3-2-4-9-22/h2-16,38,40-41H,1H3,(H,37,42)/i/hD. The molecule has 4 rings (SSSR count). The van der Waals surface area contributed by atoms with Crippen LogP contribution in [-0.2, 0) is 15.4 Å². The molecule has 0 saturated carbocycles. The Labute approximate surface area is 253 Å². The van der Waals surface area contributed by atoms with E-state index in [0.717, 1.165) is 18.2 Å². The van der Waals surface area contributed by atoms with Gasteiger partial charge in [0.25, 0.3) is 17.4 Å². The summed E-state index contributed by atoms with van der Waals surface area (Å²) in [5.74, 6) is -3.07. The topological polar surface area (TPSA) is 133 Å². The minimum Gasteiger partial charge on any atom is -0.506 e. The molecule has 45 heavy (non-hydrogen) atoms. The number of ketones is 1. The molecule has 0 aliphatic carbocycles. The average molecular weight is 654 g/mol. The number of rotatable bonds is 9. The molecule has 236 valence electrons. The first-order valence-electron chi connectivity index (χ1n) is 13.1. The van der Waals surface area contributed by atoms with Gasteiger partial charge >= 0.3 is 12.4 Å². The van der Waals surface area contributed by atoms with Crippen LogP contribution in [-0.4, -0.2) is 44.1 Å². The summed E-state index contributed by atoms with van der Waals surface area (Å²) in [6, 6.07) is 13.7. The largest absolute Gasteiger partial charge is 0.506 e. The van der Waals surface area contributed by atoms with Gasteiger partial charge in [-0.05, 0) is 66.6 Å². The lowest BCUT2D eigenvalue weighted by atomic mass is 9.72. The molecule has 4 N–H and O–H groups in total. The zero-order chi connectivity index (χ0) is 34.1. The maximum Gasteiger partial charge on any atom is 0.411 e. The fourth-order valence-electron chi connectivity index (χ4n) is 4.57. The number of Topliss-reactive ketones (excluding diaryl/α,β-unsaturated/α-hetero) is 1. The van der Waals surface area contributed by atoms with Gasteiger partial charge < -0.3 is 15.5 Å². The van der Waals surface area contributed by atoms with Gasteiger partial charge in [-0.25, -0.2) is 8.42 Å². The minimum absolute atomic E-state index is 0.0950. The van der Waals surface area contributed by atoms with Crippen LogP contribution in [0, 0.1) is 0 Å². The molecule has 0 spiro atoms. The highest BCUT2D eigenvalue weighted by atomic mass is 32.2. The molecule has 1 amide bonds. The summed E-state index contributed by atoms with van der Waals surface area (Å²) in [6.45, 7) is 1.21. The number of carbonyl (C=O) groups is 2. The van der Waals surface area contributed by atoms with Crippen molar-refractivity contribution in [3.63, 3.8) is 0 Å². The summed E-state index contributed by atoms with van der Waals surface area (Å²) in [5.41, 5.74) is -9.73.